The SMILES string of the molecule is O=C(Nc1ccccc1Sc1ccccc1)C1=CNN2C(C(F)F)=CC(=C3C=C3)N=C12. The molecule has 5 nitrogen and oxygen atoms in total. The molecule has 0 fully saturated rings. The summed E-state index contributed by atoms with van der Waals surface area (Å²) in [6.07, 6.45) is 3.59. The van der Waals surface area contributed by atoms with Crippen molar-refractivity contribution in [3.8, 4) is 0 Å². The average Bonchev–Trinajstić information content (AvgIpc) is 3.54. The summed E-state index contributed by atoms with van der Waals surface area (Å²) in [5, 5.41) is 4.04. The number of carbonyl (C=O) groups excluding carboxylic acids is 1. The number of rotatable bonds is 5. The molecule has 154 valence electrons. The van der Waals surface area contributed by atoms with Gasteiger partial charge < -0.3 is 5.32 Å². The standard InChI is InChI=1S/C23H16F2N4OS/c24-21(25)19-12-18(14-10-11-14)27-22-16(13-26-29(19)22)23(30)28-17-8-4-5-9-20(17)31-15-6-2-1-3-7-15/h1-13,21,26H,(H,28,30). The number of nitrogens with zero attached hydrogens (tertiary/aromatic N) is 2. The van der Waals surface area contributed by atoms with E-state index in [1.165, 1.54) is 24.0 Å². The molecule has 2 aromatic rings. The van der Waals surface area contributed by atoms with Crippen LogP contribution < -0.4 is 10.7 Å². The molecule has 2 heterocycles. The lowest BCUT2D eigenvalue weighted by molar-refractivity contribution is -0.112. The van der Waals surface area contributed by atoms with Crippen LogP contribution in [0.4, 0.5) is 14.5 Å². The highest BCUT2D eigenvalue weighted by molar-refractivity contribution is 7.99. The molecule has 5 rings (SSSR count). The molecule has 0 atom stereocenters. The second-order valence-corrected chi connectivity index (χ2v) is 7.98. The van der Waals surface area contributed by atoms with E-state index in [2.05, 4.69) is 15.7 Å². The van der Waals surface area contributed by atoms with Crippen molar-refractivity contribution in [1.29, 1.82) is 0 Å². The van der Waals surface area contributed by atoms with E-state index in [1.807, 2.05) is 48.5 Å². The first-order chi connectivity index (χ1) is 15.1. The van der Waals surface area contributed by atoms with Crippen LogP contribution in [0.15, 0.2) is 116 Å². The average molecular weight is 434 g/mol. The van der Waals surface area contributed by atoms with E-state index in [-0.39, 0.29) is 17.1 Å². The lowest BCUT2D eigenvalue weighted by Gasteiger charge is -2.26. The van der Waals surface area contributed by atoms with E-state index in [0.717, 1.165) is 20.4 Å². The van der Waals surface area contributed by atoms with Crippen molar-refractivity contribution in [2.24, 2.45) is 4.99 Å². The number of allylic oxidation sites excluding steroid dienone is 5. The summed E-state index contributed by atoms with van der Waals surface area (Å²) in [5.41, 5.74) is 4.49. The number of halogens is 2. The normalized spacial score (nSPS) is 16.5. The van der Waals surface area contributed by atoms with Gasteiger partial charge in [0.2, 0.25) is 0 Å². The van der Waals surface area contributed by atoms with Gasteiger partial charge in [0, 0.05) is 21.6 Å². The Bertz CT molecular complexity index is 1210. The number of hydrogen-bond acceptors (Lipinski definition) is 5. The maximum Gasteiger partial charge on any atom is 0.280 e. The molecular formula is C23H16F2N4OS. The molecule has 1 aliphatic carbocycles. The van der Waals surface area contributed by atoms with Gasteiger partial charge in [0.05, 0.1) is 11.4 Å². The summed E-state index contributed by atoms with van der Waals surface area (Å²) in [6, 6.07) is 17.3. The molecule has 0 unspecified atom stereocenters. The summed E-state index contributed by atoms with van der Waals surface area (Å²) in [7, 11) is 0. The molecular weight excluding hydrogens is 418 g/mol. The lowest BCUT2D eigenvalue weighted by Crippen LogP contribution is -2.39. The van der Waals surface area contributed by atoms with Gasteiger partial charge in [0.25, 0.3) is 12.3 Å². The molecule has 1 amide bonds. The van der Waals surface area contributed by atoms with Crippen molar-refractivity contribution >= 4 is 29.2 Å². The Labute approximate surface area is 181 Å². The van der Waals surface area contributed by atoms with Crippen molar-refractivity contribution in [2.45, 2.75) is 16.2 Å². The molecule has 0 radical (unpaired) electrons. The van der Waals surface area contributed by atoms with E-state index in [1.54, 1.807) is 18.2 Å². The molecule has 2 aliphatic heterocycles. The Balaban J connectivity index is 1.39. The Kier molecular flexibility index (Phi) is 4.91. The number of amides is 1. The van der Waals surface area contributed by atoms with Gasteiger partial charge in [-0.3, -0.25) is 10.2 Å². The number of benzene rings is 2. The van der Waals surface area contributed by atoms with Crippen LogP contribution >= 0.6 is 11.8 Å². The van der Waals surface area contributed by atoms with Crippen LogP contribution in [0.2, 0.25) is 0 Å². The highest BCUT2D eigenvalue weighted by Crippen LogP contribution is 2.35. The van der Waals surface area contributed by atoms with Gasteiger partial charge in [-0.25, -0.2) is 18.8 Å². The number of para-hydroxylation sites is 1. The first kappa shape index (κ1) is 19.3. The van der Waals surface area contributed by atoms with Crippen LogP contribution in [0.5, 0.6) is 0 Å². The van der Waals surface area contributed by atoms with Crippen LogP contribution in [-0.2, 0) is 4.79 Å². The van der Waals surface area contributed by atoms with Crippen LogP contribution in [0.3, 0.4) is 0 Å². The van der Waals surface area contributed by atoms with Gasteiger partial charge >= 0.3 is 0 Å². The highest BCUT2D eigenvalue weighted by atomic mass is 32.2. The molecule has 31 heavy (non-hydrogen) atoms. The number of hydrazine groups is 1. The number of alkyl halides is 2. The van der Waals surface area contributed by atoms with E-state index < -0.39 is 12.3 Å². The predicted octanol–water partition coefficient (Wildman–Crippen LogP) is 4.87. The maximum absolute atomic E-state index is 13.6. The van der Waals surface area contributed by atoms with Gasteiger partial charge in [-0.05, 0) is 30.3 Å². The molecule has 0 saturated carbocycles. The van der Waals surface area contributed by atoms with Crippen molar-refractivity contribution in [3.05, 3.63) is 102 Å². The van der Waals surface area contributed by atoms with E-state index in [9.17, 15) is 13.6 Å². The molecule has 0 bridgehead atoms. The number of carbonyl (C=O) groups is 1. The van der Waals surface area contributed by atoms with Crippen molar-refractivity contribution in [3.63, 3.8) is 0 Å². The lowest BCUT2D eigenvalue weighted by atomic mass is 10.1. The minimum Gasteiger partial charge on any atom is -0.321 e. The molecule has 0 aromatic heterocycles. The predicted molar refractivity (Wildman–Crippen MR) is 116 cm³/mol. The third-order valence-corrected chi connectivity index (χ3v) is 5.85. The second kappa shape index (κ2) is 7.88. The van der Waals surface area contributed by atoms with E-state index >= 15 is 0 Å². The zero-order valence-electron chi connectivity index (χ0n) is 16.0. The second-order valence-electron chi connectivity index (χ2n) is 6.87. The maximum atomic E-state index is 13.6. The van der Waals surface area contributed by atoms with Gasteiger partial charge in [-0.2, -0.15) is 0 Å². The molecule has 0 spiro atoms. The summed E-state index contributed by atoms with van der Waals surface area (Å²) < 4.78 is 27.2. The Morgan fingerprint density at radius 2 is 1.81 bits per heavy atom. The first-order valence-electron chi connectivity index (χ1n) is 9.51. The van der Waals surface area contributed by atoms with Crippen LogP contribution in [0.25, 0.3) is 0 Å². The Hall–Kier alpha value is -3.65. The summed E-state index contributed by atoms with van der Waals surface area (Å²) in [4.78, 5) is 19.4. The van der Waals surface area contributed by atoms with Gasteiger partial charge in [0.1, 0.15) is 11.3 Å². The number of hydrogen-bond donors (Lipinski definition) is 2. The third-order valence-electron chi connectivity index (χ3n) is 4.76. The van der Waals surface area contributed by atoms with E-state index in [4.69, 9.17) is 0 Å². The third kappa shape index (κ3) is 3.89. The fraction of sp³-hybridized carbons (Fsp3) is 0.0435. The fourth-order valence-corrected chi connectivity index (χ4v) is 4.11. The van der Waals surface area contributed by atoms with Crippen molar-refractivity contribution in [2.75, 3.05) is 5.32 Å². The van der Waals surface area contributed by atoms with Gasteiger partial charge in [-0.1, -0.05) is 54.2 Å². The molecule has 0 saturated heterocycles. The number of aliphatic imine (C=N–C) groups is 1. The smallest absolute Gasteiger partial charge is 0.280 e. The zero-order chi connectivity index (χ0) is 21.4. The Morgan fingerprint density at radius 1 is 1.06 bits per heavy atom. The number of anilines is 1. The molecule has 8 heteroatoms. The van der Waals surface area contributed by atoms with Gasteiger partial charge in [0.15, 0.2) is 5.84 Å². The molecule has 2 aromatic carbocycles. The van der Waals surface area contributed by atoms with Crippen LogP contribution in [-0.4, -0.2) is 23.2 Å². The van der Waals surface area contributed by atoms with Crippen molar-refractivity contribution in [1.82, 2.24) is 10.4 Å². The Morgan fingerprint density at radius 3 is 2.55 bits per heavy atom. The first-order valence-corrected chi connectivity index (χ1v) is 10.3. The minimum atomic E-state index is -2.72. The monoisotopic (exact) mass is 434 g/mol. The molecule has 2 N–H and O–H groups in total. The number of nitrogens with one attached hydrogen (secondary N) is 2. The summed E-state index contributed by atoms with van der Waals surface area (Å²) in [5.74, 6) is -0.279. The number of fused-ring (bicyclic) bond motifs is 1. The van der Waals surface area contributed by atoms with E-state index in [0.29, 0.717) is 11.4 Å². The number of amidine groups is 1. The van der Waals surface area contributed by atoms with Crippen molar-refractivity contribution < 1.29 is 13.6 Å². The summed E-state index contributed by atoms with van der Waals surface area (Å²) in [6.45, 7) is 0. The minimum absolute atomic E-state index is 0.152. The molecule has 3 aliphatic rings. The highest BCUT2D eigenvalue weighted by Gasteiger charge is 2.36. The van der Waals surface area contributed by atoms with Crippen LogP contribution in [0.1, 0.15) is 0 Å². The topological polar surface area (TPSA) is 56.7 Å². The fourth-order valence-electron chi connectivity index (χ4n) is 3.19. The van der Waals surface area contributed by atoms with Crippen LogP contribution in [0, 0.1) is 0 Å². The quantitative estimate of drug-likeness (QED) is 0.705. The largest absolute Gasteiger partial charge is 0.321 e. The summed E-state index contributed by atoms with van der Waals surface area (Å²) >= 11 is 1.52. The van der Waals surface area contributed by atoms with Gasteiger partial charge in [-0.15, -0.1) is 0 Å². The zero-order valence-corrected chi connectivity index (χ0v) is 16.9.